The van der Waals surface area contributed by atoms with E-state index < -0.39 is 5.41 Å². The van der Waals surface area contributed by atoms with Crippen LogP contribution in [0.3, 0.4) is 0 Å². The lowest BCUT2D eigenvalue weighted by Gasteiger charge is -2.44. The van der Waals surface area contributed by atoms with Gasteiger partial charge in [0.25, 0.3) is 0 Å². The Morgan fingerprint density at radius 1 is 1.59 bits per heavy atom. The molecular weight excluding hydrogens is 234 g/mol. The Kier molecular flexibility index (Phi) is 4.89. The molecule has 4 nitrogen and oxygen atoms in total. The summed E-state index contributed by atoms with van der Waals surface area (Å²) in [6.45, 7) is 6.70. The van der Waals surface area contributed by atoms with E-state index in [0.717, 1.165) is 25.9 Å². The molecule has 1 aliphatic carbocycles. The number of carbonyl (C=O) groups is 1. The van der Waals surface area contributed by atoms with E-state index in [-0.39, 0.29) is 5.91 Å². The molecule has 1 fully saturated rings. The number of nitrogens with two attached hydrogens (primary N) is 1. The molecule has 0 spiro atoms. The number of hydrogen-bond donors (Lipinski definition) is 2. The third-order valence-electron chi connectivity index (χ3n) is 3.62. The van der Waals surface area contributed by atoms with Crippen LogP contribution in [-0.4, -0.2) is 42.5 Å². The van der Waals surface area contributed by atoms with Gasteiger partial charge in [0.1, 0.15) is 0 Å². The van der Waals surface area contributed by atoms with Crippen LogP contribution in [-0.2, 0) is 4.79 Å². The average molecular weight is 257 g/mol. The van der Waals surface area contributed by atoms with E-state index >= 15 is 0 Å². The van der Waals surface area contributed by atoms with Crippen molar-refractivity contribution in [3.63, 3.8) is 0 Å². The van der Waals surface area contributed by atoms with Crippen molar-refractivity contribution in [3.05, 3.63) is 0 Å². The van der Waals surface area contributed by atoms with Crippen LogP contribution < -0.4 is 11.1 Å². The van der Waals surface area contributed by atoms with Crippen molar-refractivity contribution in [1.82, 2.24) is 10.2 Å². The molecule has 5 heteroatoms. The highest BCUT2D eigenvalue weighted by molar-refractivity contribution is 7.80. The standard InChI is InChI=1S/C12H23N3OS/c1-4-15(3)6-5-14-11(16)12(10(13)17)7-9(2)8-12/h9H,4-8H2,1-3H3,(H2,13,17)(H,14,16). The normalized spacial score (nSPS) is 27.6. The van der Waals surface area contributed by atoms with E-state index in [0.29, 0.717) is 17.5 Å². The van der Waals surface area contributed by atoms with Crippen LogP contribution in [0.15, 0.2) is 0 Å². The highest BCUT2D eigenvalue weighted by Crippen LogP contribution is 2.45. The average Bonchev–Trinajstić information content (AvgIpc) is 2.23. The molecule has 17 heavy (non-hydrogen) atoms. The summed E-state index contributed by atoms with van der Waals surface area (Å²) in [4.78, 5) is 14.6. The molecule has 0 bridgehead atoms. The van der Waals surface area contributed by atoms with Gasteiger partial charge in [-0.25, -0.2) is 0 Å². The van der Waals surface area contributed by atoms with Crippen molar-refractivity contribution in [2.45, 2.75) is 26.7 Å². The summed E-state index contributed by atoms with van der Waals surface area (Å²) in [5.41, 5.74) is 5.14. The predicted molar refractivity (Wildman–Crippen MR) is 73.8 cm³/mol. The Labute approximate surface area is 109 Å². The van der Waals surface area contributed by atoms with Gasteiger partial charge in [0.15, 0.2) is 0 Å². The topological polar surface area (TPSA) is 58.4 Å². The molecule has 0 heterocycles. The molecule has 0 aromatic carbocycles. The fraction of sp³-hybridized carbons (Fsp3) is 0.833. The Morgan fingerprint density at radius 2 is 2.18 bits per heavy atom. The number of likely N-dealkylation sites (N-methyl/N-ethyl adjacent to an activating group) is 1. The van der Waals surface area contributed by atoms with E-state index in [1.54, 1.807) is 0 Å². The van der Waals surface area contributed by atoms with Gasteiger partial charge in [0, 0.05) is 13.1 Å². The molecular formula is C12H23N3OS. The predicted octanol–water partition coefficient (Wildman–Crippen LogP) is 0.757. The first kappa shape index (κ1) is 14.4. The highest BCUT2D eigenvalue weighted by atomic mass is 32.1. The Hall–Kier alpha value is -0.680. The molecule has 0 aromatic rings. The maximum absolute atomic E-state index is 12.1. The van der Waals surface area contributed by atoms with Crippen molar-refractivity contribution < 1.29 is 4.79 Å². The summed E-state index contributed by atoms with van der Waals surface area (Å²) in [5.74, 6) is 0.549. The monoisotopic (exact) mass is 257 g/mol. The number of nitrogens with zero attached hydrogens (tertiary/aromatic N) is 1. The number of carbonyl (C=O) groups excluding carboxylic acids is 1. The van der Waals surface area contributed by atoms with Gasteiger partial charge >= 0.3 is 0 Å². The smallest absolute Gasteiger partial charge is 0.233 e. The molecule has 1 saturated carbocycles. The van der Waals surface area contributed by atoms with Crippen LogP contribution >= 0.6 is 12.2 Å². The largest absolute Gasteiger partial charge is 0.392 e. The van der Waals surface area contributed by atoms with Gasteiger partial charge in [-0.1, -0.05) is 26.1 Å². The van der Waals surface area contributed by atoms with Crippen LogP contribution in [0.1, 0.15) is 26.7 Å². The lowest BCUT2D eigenvalue weighted by atomic mass is 9.62. The fourth-order valence-corrected chi connectivity index (χ4v) is 2.58. The number of amides is 1. The first-order valence-electron chi connectivity index (χ1n) is 6.19. The molecule has 0 saturated heterocycles. The summed E-state index contributed by atoms with van der Waals surface area (Å²) in [6, 6.07) is 0. The second-order valence-electron chi connectivity index (χ2n) is 5.11. The maximum Gasteiger partial charge on any atom is 0.233 e. The minimum Gasteiger partial charge on any atom is -0.392 e. The van der Waals surface area contributed by atoms with Gasteiger partial charge in [0.05, 0.1) is 10.4 Å². The lowest BCUT2D eigenvalue weighted by molar-refractivity contribution is -0.132. The van der Waals surface area contributed by atoms with Crippen molar-refractivity contribution in [2.75, 3.05) is 26.7 Å². The van der Waals surface area contributed by atoms with Gasteiger partial charge in [-0.15, -0.1) is 0 Å². The summed E-state index contributed by atoms with van der Waals surface area (Å²) in [5, 5.41) is 2.94. The first-order valence-corrected chi connectivity index (χ1v) is 6.60. The van der Waals surface area contributed by atoms with Gasteiger partial charge < -0.3 is 16.0 Å². The molecule has 0 atom stereocenters. The SMILES string of the molecule is CCN(C)CCNC(=O)C1(C(N)=S)CC(C)C1. The molecule has 0 aliphatic heterocycles. The highest BCUT2D eigenvalue weighted by Gasteiger charge is 2.50. The number of hydrogen-bond acceptors (Lipinski definition) is 3. The molecule has 0 aromatic heterocycles. The van der Waals surface area contributed by atoms with E-state index in [1.807, 2.05) is 7.05 Å². The third-order valence-corrected chi connectivity index (χ3v) is 4.01. The van der Waals surface area contributed by atoms with Crippen LogP contribution in [0, 0.1) is 11.3 Å². The number of thiocarbonyl (C=S) groups is 1. The van der Waals surface area contributed by atoms with Crippen LogP contribution in [0.4, 0.5) is 0 Å². The molecule has 1 rings (SSSR count). The molecule has 1 aliphatic rings. The second kappa shape index (κ2) is 5.78. The molecule has 3 N–H and O–H groups in total. The fourth-order valence-electron chi connectivity index (χ4n) is 2.32. The first-order chi connectivity index (χ1) is 7.92. The quantitative estimate of drug-likeness (QED) is 0.690. The van der Waals surface area contributed by atoms with Gasteiger partial charge in [-0.2, -0.15) is 0 Å². The third kappa shape index (κ3) is 3.16. The summed E-state index contributed by atoms with van der Waals surface area (Å²) < 4.78 is 0. The Bertz CT molecular complexity index is 300. The van der Waals surface area contributed by atoms with E-state index in [4.69, 9.17) is 18.0 Å². The van der Waals surface area contributed by atoms with Gasteiger partial charge in [0.2, 0.25) is 5.91 Å². The molecule has 0 unspecified atom stereocenters. The number of rotatable bonds is 6. The zero-order valence-electron chi connectivity index (χ0n) is 11.0. The molecule has 1 amide bonds. The lowest BCUT2D eigenvalue weighted by Crippen LogP contribution is -2.56. The van der Waals surface area contributed by atoms with E-state index in [1.165, 1.54) is 0 Å². The van der Waals surface area contributed by atoms with E-state index in [2.05, 4.69) is 24.1 Å². The second-order valence-corrected chi connectivity index (χ2v) is 5.55. The van der Waals surface area contributed by atoms with Crippen LogP contribution in [0.2, 0.25) is 0 Å². The Balaban J connectivity index is 2.43. The zero-order valence-corrected chi connectivity index (χ0v) is 11.8. The maximum atomic E-state index is 12.1. The summed E-state index contributed by atoms with van der Waals surface area (Å²) in [7, 11) is 2.03. The van der Waals surface area contributed by atoms with E-state index in [9.17, 15) is 4.79 Å². The summed E-state index contributed by atoms with van der Waals surface area (Å²) >= 11 is 5.04. The number of nitrogens with one attached hydrogen (secondary N) is 1. The minimum absolute atomic E-state index is 0.00704. The van der Waals surface area contributed by atoms with Crippen molar-refractivity contribution >= 4 is 23.1 Å². The Morgan fingerprint density at radius 3 is 2.59 bits per heavy atom. The van der Waals surface area contributed by atoms with Gasteiger partial charge in [-0.3, -0.25) is 4.79 Å². The zero-order chi connectivity index (χ0) is 13.1. The summed E-state index contributed by atoms with van der Waals surface area (Å²) in [6.07, 6.45) is 1.58. The minimum atomic E-state index is -0.570. The molecule has 98 valence electrons. The van der Waals surface area contributed by atoms with Crippen molar-refractivity contribution in [3.8, 4) is 0 Å². The van der Waals surface area contributed by atoms with Crippen LogP contribution in [0.5, 0.6) is 0 Å². The molecule has 0 radical (unpaired) electrons. The van der Waals surface area contributed by atoms with Gasteiger partial charge in [-0.05, 0) is 32.4 Å². The van der Waals surface area contributed by atoms with Crippen molar-refractivity contribution in [2.24, 2.45) is 17.1 Å². The van der Waals surface area contributed by atoms with Crippen molar-refractivity contribution in [1.29, 1.82) is 0 Å². The van der Waals surface area contributed by atoms with Crippen LogP contribution in [0.25, 0.3) is 0 Å².